The average molecular weight is 373 g/mol. The number of aliphatic imine (C=N–C) groups is 1. The summed E-state index contributed by atoms with van der Waals surface area (Å²) in [5.41, 5.74) is 2.04. The second kappa shape index (κ2) is 7.44. The Morgan fingerprint density at radius 2 is 1.54 bits per heavy atom. The maximum absolute atomic E-state index is 14.5. The lowest BCUT2D eigenvalue weighted by Crippen LogP contribution is -2.42. The maximum Gasteiger partial charge on any atom is 0.269 e. The van der Waals surface area contributed by atoms with E-state index in [9.17, 15) is 14.0 Å². The van der Waals surface area contributed by atoms with Gasteiger partial charge in [-0.2, -0.15) is 0 Å². The maximum atomic E-state index is 14.5. The first kappa shape index (κ1) is 17.6. The van der Waals surface area contributed by atoms with Crippen LogP contribution in [0.4, 0.5) is 10.1 Å². The molecule has 6 heteroatoms. The molecule has 0 saturated heterocycles. The zero-order chi connectivity index (χ0) is 19.5. The molecule has 2 amide bonds. The number of hydrogen-bond donors (Lipinski definition) is 2. The molecule has 4 rings (SSSR count). The standard InChI is InChI=1S/C22H16FN3O2/c23-17-12-6-4-10-15(17)19-16-11-5-7-13-18(16)24-22(28)20(25-19)26-21(27)14-8-2-1-3-9-14/h1-13,20H,(H,24,28)(H,26,27). The Hall–Kier alpha value is -3.80. The van der Waals surface area contributed by atoms with Crippen molar-refractivity contribution in [3.05, 3.63) is 101 Å². The Labute approximate surface area is 160 Å². The number of para-hydroxylation sites is 1. The number of benzodiazepines with no additional fused rings is 1. The summed E-state index contributed by atoms with van der Waals surface area (Å²) in [5, 5.41) is 5.38. The Bertz CT molecular complexity index is 1080. The van der Waals surface area contributed by atoms with E-state index in [4.69, 9.17) is 0 Å². The third-order valence-corrected chi connectivity index (χ3v) is 4.38. The second-order valence-corrected chi connectivity index (χ2v) is 6.23. The number of nitrogens with zero attached hydrogens (tertiary/aromatic N) is 1. The molecule has 3 aromatic rings. The highest BCUT2D eigenvalue weighted by molar-refractivity contribution is 6.20. The molecule has 1 unspecified atom stereocenters. The first-order valence-electron chi connectivity index (χ1n) is 8.72. The molecular weight excluding hydrogens is 357 g/mol. The van der Waals surface area contributed by atoms with Gasteiger partial charge in [0.2, 0.25) is 6.17 Å². The lowest BCUT2D eigenvalue weighted by Gasteiger charge is -2.13. The molecular formula is C22H16FN3O2. The number of fused-ring (bicyclic) bond motifs is 1. The van der Waals surface area contributed by atoms with E-state index >= 15 is 0 Å². The van der Waals surface area contributed by atoms with E-state index in [-0.39, 0.29) is 5.56 Å². The Balaban J connectivity index is 1.78. The Morgan fingerprint density at radius 1 is 0.893 bits per heavy atom. The molecule has 5 nitrogen and oxygen atoms in total. The van der Waals surface area contributed by atoms with Gasteiger partial charge in [0, 0.05) is 16.7 Å². The van der Waals surface area contributed by atoms with Crippen molar-refractivity contribution in [3.63, 3.8) is 0 Å². The van der Waals surface area contributed by atoms with Gasteiger partial charge in [-0.25, -0.2) is 9.38 Å². The van der Waals surface area contributed by atoms with Crippen molar-refractivity contribution in [2.75, 3.05) is 5.32 Å². The minimum Gasteiger partial charge on any atom is -0.322 e. The Morgan fingerprint density at radius 3 is 2.29 bits per heavy atom. The van der Waals surface area contributed by atoms with Crippen LogP contribution < -0.4 is 10.6 Å². The van der Waals surface area contributed by atoms with Crippen LogP contribution in [0.1, 0.15) is 21.5 Å². The summed E-state index contributed by atoms with van der Waals surface area (Å²) < 4.78 is 14.5. The molecule has 0 aliphatic carbocycles. The highest BCUT2D eigenvalue weighted by Crippen LogP contribution is 2.25. The molecule has 1 aliphatic heterocycles. The van der Waals surface area contributed by atoms with Crippen molar-refractivity contribution in [2.24, 2.45) is 4.99 Å². The van der Waals surface area contributed by atoms with Crippen LogP contribution in [0.3, 0.4) is 0 Å². The average Bonchev–Trinajstić information content (AvgIpc) is 2.85. The van der Waals surface area contributed by atoms with Crippen molar-refractivity contribution in [1.82, 2.24) is 5.32 Å². The molecule has 28 heavy (non-hydrogen) atoms. The number of carbonyl (C=O) groups is 2. The predicted molar refractivity (Wildman–Crippen MR) is 105 cm³/mol. The van der Waals surface area contributed by atoms with Crippen molar-refractivity contribution in [1.29, 1.82) is 0 Å². The van der Waals surface area contributed by atoms with Crippen LogP contribution in [0, 0.1) is 5.82 Å². The van der Waals surface area contributed by atoms with Crippen LogP contribution in [0.2, 0.25) is 0 Å². The summed E-state index contributed by atoms with van der Waals surface area (Å²) >= 11 is 0. The summed E-state index contributed by atoms with van der Waals surface area (Å²) in [5.74, 6) is -1.40. The number of rotatable bonds is 3. The minimum absolute atomic E-state index is 0.255. The number of amides is 2. The summed E-state index contributed by atoms with van der Waals surface area (Å²) in [4.78, 5) is 29.6. The van der Waals surface area contributed by atoms with Gasteiger partial charge < -0.3 is 10.6 Å². The fraction of sp³-hybridized carbons (Fsp3) is 0.0455. The molecule has 138 valence electrons. The first-order valence-corrected chi connectivity index (χ1v) is 8.72. The first-order chi connectivity index (χ1) is 13.6. The van der Waals surface area contributed by atoms with Gasteiger partial charge in [0.05, 0.1) is 11.4 Å². The molecule has 0 spiro atoms. The van der Waals surface area contributed by atoms with E-state index in [1.54, 1.807) is 72.8 Å². The summed E-state index contributed by atoms with van der Waals surface area (Å²) in [6.45, 7) is 0. The lowest BCUT2D eigenvalue weighted by atomic mass is 10.0. The van der Waals surface area contributed by atoms with Crippen LogP contribution in [0.15, 0.2) is 83.9 Å². The van der Waals surface area contributed by atoms with Crippen molar-refractivity contribution >= 4 is 23.2 Å². The fourth-order valence-electron chi connectivity index (χ4n) is 3.02. The quantitative estimate of drug-likeness (QED) is 0.739. The summed E-state index contributed by atoms with van der Waals surface area (Å²) in [7, 11) is 0. The van der Waals surface area contributed by atoms with Crippen molar-refractivity contribution in [2.45, 2.75) is 6.17 Å². The number of nitrogens with one attached hydrogen (secondary N) is 2. The van der Waals surface area contributed by atoms with Gasteiger partial charge >= 0.3 is 0 Å². The summed E-state index contributed by atoms with van der Waals surface area (Å²) in [6, 6.07) is 21.7. The smallest absolute Gasteiger partial charge is 0.269 e. The van der Waals surface area contributed by atoms with Crippen LogP contribution in [0.5, 0.6) is 0 Å². The van der Waals surface area contributed by atoms with Crippen LogP contribution in [-0.2, 0) is 4.79 Å². The van der Waals surface area contributed by atoms with Gasteiger partial charge in [0.1, 0.15) is 5.82 Å². The lowest BCUT2D eigenvalue weighted by molar-refractivity contribution is -0.117. The monoisotopic (exact) mass is 373 g/mol. The molecule has 0 aromatic heterocycles. The normalized spacial score (nSPS) is 15.7. The van der Waals surface area contributed by atoms with E-state index < -0.39 is 23.8 Å². The largest absolute Gasteiger partial charge is 0.322 e. The van der Waals surface area contributed by atoms with Crippen molar-refractivity contribution in [3.8, 4) is 0 Å². The number of halogens is 1. The topological polar surface area (TPSA) is 70.6 Å². The molecule has 1 heterocycles. The van der Waals surface area contributed by atoms with Gasteiger partial charge in [-0.1, -0.05) is 48.5 Å². The highest BCUT2D eigenvalue weighted by Gasteiger charge is 2.28. The van der Waals surface area contributed by atoms with Crippen LogP contribution >= 0.6 is 0 Å². The molecule has 0 bridgehead atoms. The highest BCUT2D eigenvalue weighted by atomic mass is 19.1. The Kier molecular flexibility index (Phi) is 4.68. The van der Waals surface area contributed by atoms with E-state index in [0.29, 0.717) is 22.5 Å². The van der Waals surface area contributed by atoms with E-state index in [2.05, 4.69) is 15.6 Å². The number of hydrogen-bond acceptors (Lipinski definition) is 3. The fourth-order valence-corrected chi connectivity index (χ4v) is 3.02. The molecule has 1 atom stereocenters. The van der Waals surface area contributed by atoms with Crippen molar-refractivity contribution < 1.29 is 14.0 Å². The number of benzene rings is 3. The molecule has 2 N–H and O–H groups in total. The molecule has 0 radical (unpaired) electrons. The molecule has 0 saturated carbocycles. The zero-order valence-electron chi connectivity index (χ0n) is 14.7. The van der Waals surface area contributed by atoms with E-state index in [0.717, 1.165) is 0 Å². The molecule has 0 fully saturated rings. The summed E-state index contributed by atoms with van der Waals surface area (Å²) in [6.07, 6.45) is -1.20. The number of carbonyl (C=O) groups excluding carboxylic acids is 2. The number of anilines is 1. The van der Waals surface area contributed by atoms with Crippen LogP contribution in [0.25, 0.3) is 0 Å². The predicted octanol–water partition coefficient (Wildman–Crippen LogP) is 3.37. The molecule has 1 aliphatic rings. The minimum atomic E-state index is -1.20. The SMILES string of the molecule is O=C(NC1N=C(c2ccccc2F)c2ccccc2NC1=O)c1ccccc1. The van der Waals surface area contributed by atoms with Gasteiger partial charge in [-0.3, -0.25) is 9.59 Å². The van der Waals surface area contributed by atoms with E-state index in [1.165, 1.54) is 6.07 Å². The third kappa shape index (κ3) is 3.40. The zero-order valence-corrected chi connectivity index (χ0v) is 14.7. The third-order valence-electron chi connectivity index (χ3n) is 4.38. The van der Waals surface area contributed by atoms with Gasteiger partial charge in [0.15, 0.2) is 0 Å². The van der Waals surface area contributed by atoms with Crippen LogP contribution in [-0.4, -0.2) is 23.7 Å². The molecule has 3 aromatic carbocycles. The van der Waals surface area contributed by atoms with Gasteiger partial charge in [-0.15, -0.1) is 0 Å². The van der Waals surface area contributed by atoms with E-state index in [1.807, 2.05) is 0 Å². The van der Waals surface area contributed by atoms with Gasteiger partial charge in [0.25, 0.3) is 11.8 Å². The second-order valence-electron chi connectivity index (χ2n) is 6.23. The van der Waals surface area contributed by atoms with Gasteiger partial charge in [-0.05, 0) is 30.3 Å².